The van der Waals surface area contributed by atoms with E-state index in [4.69, 9.17) is 19.0 Å². The summed E-state index contributed by atoms with van der Waals surface area (Å²) in [7, 11) is 1.62. The molecular weight excluding hydrogens is 366 g/mol. The molecule has 7 nitrogen and oxygen atoms in total. The van der Waals surface area contributed by atoms with Crippen LogP contribution in [0.5, 0.6) is 5.75 Å². The van der Waals surface area contributed by atoms with Crippen LogP contribution >= 0.6 is 11.3 Å². The van der Waals surface area contributed by atoms with Gasteiger partial charge in [0.2, 0.25) is 5.76 Å². The number of carbonyl (C=O) groups excluding carboxylic acids is 1. The number of fused-ring (bicyclic) bond motifs is 1. The van der Waals surface area contributed by atoms with Gasteiger partial charge < -0.3 is 14.0 Å². The van der Waals surface area contributed by atoms with Crippen molar-refractivity contribution in [3.05, 3.63) is 35.2 Å². The summed E-state index contributed by atoms with van der Waals surface area (Å²) >= 11 is 1.47. The standard InChI is InChI=1S/C19H21N3O4S/c1-11-6-7-14(24-3)16-17(11)27-19(20-16)22(10-13-5-4-8-25-13)18(23)15-9-12(2)21-26-15/h6-7,9,13H,4-5,8,10H2,1-3H3/t13-/m0/s1. The summed E-state index contributed by atoms with van der Waals surface area (Å²) in [6.07, 6.45) is 1.92. The average molecular weight is 387 g/mol. The van der Waals surface area contributed by atoms with Crippen molar-refractivity contribution in [3.8, 4) is 5.75 Å². The first-order chi connectivity index (χ1) is 13.1. The maximum atomic E-state index is 13.1. The molecule has 2 aromatic heterocycles. The van der Waals surface area contributed by atoms with Crippen molar-refractivity contribution in [2.75, 3.05) is 25.2 Å². The van der Waals surface area contributed by atoms with Crippen LogP contribution in [0.1, 0.15) is 34.7 Å². The Hall–Kier alpha value is -2.45. The van der Waals surface area contributed by atoms with E-state index in [9.17, 15) is 4.79 Å². The van der Waals surface area contributed by atoms with E-state index >= 15 is 0 Å². The van der Waals surface area contributed by atoms with E-state index in [0.717, 1.165) is 35.2 Å². The van der Waals surface area contributed by atoms with Gasteiger partial charge in [0.05, 0.1) is 30.2 Å². The number of nitrogens with zero attached hydrogens (tertiary/aromatic N) is 3. The van der Waals surface area contributed by atoms with E-state index in [1.165, 1.54) is 11.3 Å². The molecule has 3 aromatic rings. The van der Waals surface area contributed by atoms with Gasteiger partial charge in [0, 0.05) is 12.7 Å². The van der Waals surface area contributed by atoms with Gasteiger partial charge in [-0.25, -0.2) is 4.98 Å². The Bertz CT molecular complexity index is 975. The van der Waals surface area contributed by atoms with Crippen LogP contribution in [-0.2, 0) is 4.74 Å². The molecule has 0 N–H and O–H groups in total. The van der Waals surface area contributed by atoms with Crippen LogP contribution in [-0.4, -0.2) is 42.4 Å². The zero-order chi connectivity index (χ0) is 19.0. The van der Waals surface area contributed by atoms with Gasteiger partial charge in [-0.2, -0.15) is 0 Å². The molecule has 1 aliphatic rings. The third kappa shape index (κ3) is 3.42. The Morgan fingerprint density at radius 3 is 2.93 bits per heavy atom. The third-order valence-corrected chi connectivity index (χ3v) is 5.85. The Labute approximate surface area is 160 Å². The highest BCUT2D eigenvalue weighted by Crippen LogP contribution is 2.37. The summed E-state index contributed by atoms with van der Waals surface area (Å²) in [5.41, 5.74) is 2.52. The van der Waals surface area contributed by atoms with Gasteiger partial charge in [-0.3, -0.25) is 9.69 Å². The second kappa shape index (κ2) is 7.28. The number of hydrogen-bond acceptors (Lipinski definition) is 7. The fourth-order valence-corrected chi connectivity index (χ4v) is 4.27. The van der Waals surface area contributed by atoms with Gasteiger partial charge in [0.25, 0.3) is 5.91 Å². The first-order valence-corrected chi connectivity index (χ1v) is 9.69. The van der Waals surface area contributed by atoms with Crippen LogP contribution in [0.3, 0.4) is 0 Å². The van der Waals surface area contributed by atoms with E-state index in [0.29, 0.717) is 23.1 Å². The Balaban J connectivity index is 1.76. The van der Waals surface area contributed by atoms with Gasteiger partial charge in [-0.05, 0) is 38.3 Å². The number of thiazole rings is 1. The van der Waals surface area contributed by atoms with E-state index in [-0.39, 0.29) is 17.8 Å². The summed E-state index contributed by atoms with van der Waals surface area (Å²) in [5, 5.41) is 4.44. The molecule has 8 heteroatoms. The number of aromatic nitrogens is 2. The molecule has 1 aliphatic heterocycles. The highest BCUT2D eigenvalue weighted by Gasteiger charge is 2.29. The molecule has 142 valence electrons. The molecule has 3 heterocycles. The van der Waals surface area contributed by atoms with E-state index in [2.05, 4.69) is 5.16 Å². The maximum Gasteiger partial charge on any atom is 0.298 e. The van der Waals surface area contributed by atoms with Crippen molar-refractivity contribution in [2.45, 2.75) is 32.8 Å². The van der Waals surface area contributed by atoms with Crippen molar-refractivity contribution >= 4 is 32.6 Å². The number of ether oxygens (including phenoxy) is 2. The average Bonchev–Trinajstić information content (AvgIpc) is 3.40. The smallest absolute Gasteiger partial charge is 0.298 e. The Kier molecular flexibility index (Phi) is 4.84. The number of methoxy groups -OCH3 is 1. The first kappa shape index (κ1) is 17.9. The zero-order valence-corrected chi connectivity index (χ0v) is 16.3. The summed E-state index contributed by atoms with van der Waals surface area (Å²) in [6, 6.07) is 5.53. The largest absolute Gasteiger partial charge is 0.494 e. The van der Waals surface area contributed by atoms with Crippen LogP contribution in [0.4, 0.5) is 5.13 Å². The lowest BCUT2D eigenvalue weighted by Crippen LogP contribution is -2.37. The topological polar surface area (TPSA) is 77.7 Å². The molecular formula is C19H21N3O4S. The summed E-state index contributed by atoms with van der Waals surface area (Å²) < 4.78 is 17.4. The molecule has 0 aliphatic carbocycles. The number of benzene rings is 1. The van der Waals surface area contributed by atoms with Crippen molar-refractivity contribution in [1.82, 2.24) is 10.1 Å². The number of amides is 1. The van der Waals surface area contributed by atoms with Crippen LogP contribution in [0.15, 0.2) is 22.7 Å². The van der Waals surface area contributed by atoms with Crippen LogP contribution < -0.4 is 9.64 Å². The second-order valence-electron chi connectivity index (χ2n) is 6.64. The van der Waals surface area contributed by atoms with Crippen molar-refractivity contribution in [2.24, 2.45) is 0 Å². The number of carbonyl (C=O) groups is 1. The van der Waals surface area contributed by atoms with Gasteiger partial charge in [-0.15, -0.1) is 0 Å². The molecule has 1 saturated heterocycles. The van der Waals surface area contributed by atoms with E-state index in [1.807, 2.05) is 19.1 Å². The normalized spacial score (nSPS) is 16.8. The zero-order valence-electron chi connectivity index (χ0n) is 15.5. The third-order valence-electron chi connectivity index (χ3n) is 4.64. The van der Waals surface area contributed by atoms with E-state index < -0.39 is 0 Å². The maximum absolute atomic E-state index is 13.1. The highest BCUT2D eigenvalue weighted by molar-refractivity contribution is 7.22. The van der Waals surface area contributed by atoms with Gasteiger partial charge in [0.1, 0.15) is 11.3 Å². The van der Waals surface area contributed by atoms with Crippen LogP contribution in [0.2, 0.25) is 0 Å². The number of anilines is 1. The van der Waals surface area contributed by atoms with Crippen LogP contribution in [0, 0.1) is 13.8 Å². The molecule has 27 heavy (non-hydrogen) atoms. The molecule has 0 bridgehead atoms. The molecule has 1 fully saturated rings. The minimum atomic E-state index is -0.262. The molecule has 0 spiro atoms. The predicted molar refractivity (Wildman–Crippen MR) is 103 cm³/mol. The summed E-state index contributed by atoms with van der Waals surface area (Å²) in [4.78, 5) is 19.5. The molecule has 0 saturated carbocycles. The van der Waals surface area contributed by atoms with Crippen molar-refractivity contribution in [3.63, 3.8) is 0 Å². The van der Waals surface area contributed by atoms with Crippen molar-refractivity contribution in [1.29, 1.82) is 0 Å². The Morgan fingerprint density at radius 1 is 1.41 bits per heavy atom. The fraction of sp³-hybridized carbons (Fsp3) is 0.421. The monoisotopic (exact) mass is 387 g/mol. The lowest BCUT2D eigenvalue weighted by atomic mass is 10.2. The quantitative estimate of drug-likeness (QED) is 0.664. The minimum absolute atomic E-state index is 0.00651. The number of rotatable bonds is 5. The molecule has 0 radical (unpaired) electrons. The second-order valence-corrected chi connectivity index (χ2v) is 7.62. The fourth-order valence-electron chi connectivity index (χ4n) is 3.22. The van der Waals surface area contributed by atoms with Gasteiger partial charge >= 0.3 is 0 Å². The SMILES string of the molecule is COc1ccc(C)c2sc(N(C[C@@H]3CCCO3)C(=O)c3cc(C)no3)nc12. The molecule has 1 atom stereocenters. The first-order valence-electron chi connectivity index (χ1n) is 8.87. The lowest BCUT2D eigenvalue weighted by molar-refractivity contribution is 0.0887. The van der Waals surface area contributed by atoms with E-state index in [1.54, 1.807) is 25.0 Å². The molecule has 4 rings (SSSR count). The van der Waals surface area contributed by atoms with Crippen LogP contribution in [0.25, 0.3) is 10.2 Å². The highest BCUT2D eigenvalue weighted by atomic mass is 32.1. The molecule has 1 amide bonds. The van der Waals surface area contributed by atoms with Gasteiger partial charge in [0.15, 0.2) is 5.13 Å². The Morgan fingerprint density at radius 2 is 2.26 bits per heavy atom. The lowest BCUT2D eigenvalue weighted by Gasteiger charge is -2.21. The minimum Gasteiger partial charge on any atom is -0.494 e. The summed E-state index contributed by atoms with van der Waals surface area (Å²) in [6.45, 7) is 4.97. The number of aryl methyl sites for hydroxylation is 2. The molecule has 1 aromatic carbocycles. The molecule has 0 unspecified atom stereocenters. The van der Waals surface area contributed by atoms with Crippen molar-refractivity contribution < 1.29 is 18.8 Å². The van der Waals surface area contributed by atoms with Gasteiger partial charge in [-0.1, -0.05) is 22.6 Å². The number of hydrogen-bond donors (Lipinski definition) is 0. The predicted octanol–water partition coefficient (Wildman–Crippen LogP) is 3.74. The summed E-state index contributed by atoms with van der Waals surface area (Å²) in [5.74, 6) is 0.633.